The van der Waals surface area contributed by atoms with Crippen molar-refractivity contribution in [2.45, 2.75) is 18.2 Å². The molecule has 0 amide bonds. The number of fused-ring (bicyclic) bond motifs is 1. The second kappa shape index (κ2) is 5.34. The van der Waals surface area contributed by atoms with E-state index in [1.165, 1.54) is 11.0 Å². The third-order valence-corrected chi connectivity index (χ3v) is 5.17. The van der Waals surface area contributed by atoms with Crippen LogP contribution in [0.2, 0.25) is 0 Å². The lowest BCUT2D eigenvalue weighted by Gasteiger charge is -2.10. The summed E-state index contributed by atoms with van der Waals surface area (Å²) in [7, 11) is -3.37. The Morgan fingerprint density at radius 2 is 1.57 bits per heavy atom. The molecule has 1 aliphatic heterocycles. The molecule has 0 spiro atoms. The molecule has 1 aliphatic rings. The molecule has 2 nitrogen and oxygen atoms in total. The molecule has 21 heavy (non-hydrogen) atoms. The number of allylic oxidation sites excluding steroid dienone is 3. The van der Waals surface area contributed by atoms with Crippen molar-refractivity contribution in [3.05, 3.63) is 82.8 Å². The summed E-state index contributed by atoms with van der Waals surface area (Å²) in [5.74, 6) is 0. The highest BCUT2D eigenvalue weighted by atomic mass is 32.2. The average molecular weight is 296 g/mol. The molecule has 0 atom stereocenters. The SMILES string of the molecule is CC1=CS(=O)(=O)c2ccccc2C(Cc2ccccc2)=C1. The molecule has 2 aromatic rings. The van der Waals surface area contributed by atoms with E-state index in [4.69, 9.17) is 0 Å². The molecule has 0 aromatic heterocycles. The topological polar surface area (TPSA) is 34.1 Å². The van der Waals surface area contributed by atoms with Gasteiger partial charge in [0.1, 0.15) is 0 Å². The van der Waals surface area contributed by atoms with Crippen LogP contribution in [0.5, 0.6) is 0 Å². The monoisotopic (exact) mass is 296 g/mol. The number of benzene rings is 2. The molecular formula is C18H16O2S. The molecule has 3 rings (SSSR count). The zero-order valence-electron chi connectivity index (χ0n) is 11.8. The molecular weight excluding hydrogens is 280 g/mol. The summed E-state index contributed by atoms with van der Waals surface area (Å²) in [5.41, 5.74) is 3.77. The van der Waals surface area contributed by atoms with Crippen LogP contribution in [0.25, 0.3) is 5.57 Å². The molecule has 3 heteroatoms. The van der Waals surface area contributed by atoms with Crippen LogP contribution >= 0.6 is 0 Å². The molecule has 1 heterocycles. The van der Waals surface area contributed by atoms with Gasteiger partial charge < -0.3 is 0 Å². The third kappa shape index (κ3) is 2.83. The van der Waals surface area contributed by atoms with Crippen molar-refractivity contribution in [1.29, 1.82) is 0 Å². The van der Waals surface area contributed by atoms with Crippen LogP contribution in [-0.4, -0.2) is 8.42 Å². The quantitative estimate of drug-likeness (QED) is 0.839. The summed E-state index contributed by atoms with van der Waals surface area (Å²) in [6, 6.07) is 17.3. The van der Waals surface area contributed by atoms with Gasteiger partial charge >= 0.3 is 0 Å². The Kier molecular flexibility index (Phi) is 3.52. The van der Waals surface area contributed by atoms with Crippen LogP contribution in [0.3, 0.4) is 0 Å². The Morgan fingerprint density at radius 3 is 2.33 bits per heavy atom. The Bertz CT molecular complexity index is 829. The lowest BCUT2D eigenvalue weighted by Crippen LogP contribution is -2.00. The fourth-order valence-corrected chi connectivity index (χ4v) is 4.10. The summed E-state index contributed by atoms with van der Waals surface area (Å²) in [6.45, 7) is 1.83. The maximum absolute atomic E-state index is 12.4. The molecule has 106 valence electrons. The third-order valence-electron chi connectivity index (χ3n) is 3.52. The van der Waals surface area contributed by atoms with Crippen LogP contribution in [0.15, 0.2) is 76.5 Å². The highest BCUT2D eigenvalue weighted by Gasteiger charge is 2.21. The van der Waals surface area contributed by atoms with Crippen LogP contribution in [0.4, 0.5) is 0 Å². The second-order valence-corrected chi connectivity index (χ2v) is 7.00. The molecule has 0 unspecified atom stereocenters. The van der Waals surface area contributed by atoms with Crippen molar-refractivity contribution in [3.8, 4) is 0 Å². The van der Waals surface area contributed by atoms with Crippen molar-refractivity contribution in [2.75, 3.05) is 0 Å². The van der Waals surface area contributed by atoms with Crippen LogP contribution < -0.4 is 0 Å². The molecule has 0 saturated carbocycles. The van der Waals surface area contributed by atoms with Crippen molar-refractivity contribution < 1.29 is 8.42 Å². The van der Waals surface area contributed by atoms with Gasteiger partial charge in [0.05, 0.1) is 4.90 Å². The first-order valence-corrected chi connectivity index (χ1v) is 8.38. The lowest BCUT2D eigenvalue weighted by molar-refractivity contribution is 0.604. The lowest BCUT2D eigenvalue weighted by atomic mass is 9.96. The van der Waals surface area contributed by atoms with Crippen LogP contribution in [-0.2, 0) is 16.3 Å². The minimum Gasteiger partial charge on any atom is -0.219 e. The Morgan fingerprint density at radius 1 is 0.905 bits per heavy atom. The summed E-state index contributed by atoms with van der Waals surface area (Å²) in [4.78, 5) is 0.393. The zero-order valence-corrected chi connectivity index (χ0v) is 12.6. The van der Waals surface area contributed by atoms with E-state index in [2.05, 4.69) is 12.1 Å². The molecule has 0 bridgehead atoms. The van der Waals surface area contributed by atoms with E-state index in [0.717, 1.165) is 23.1 Å². The number of hydrogen-bond donors (Lipinski definition) is 0. The van der Waals surface area contributed by atoms with Gasteiger partial charge in [-0.2, -0.15) is 0 Å². The summed E-state index contributed by atoms with van der Waals surface area (Å²) < 4.78 is 24.8. The van der Waals surface area contributed by atoms with E-state index in [1.54, 1.807) is 12.1 Å². The van der Waals surface area contributed by atoms with E-state index in [0.29, 0.717) is 4.90 Å². The van der Waals surface area contributed by atoms with Gasteiger partial charge in [-0.15, -0.1) is 0 Å². The number of sulfone groups is 1. The fourth-order valence-electron chi connectivity index (χ4n) is 2.64. The fraction of sp³-hybridized carbons (Fsp3) is 0.111. The van der Waals surface area contributed by atoms with Gasteiger partial charge in [0.2, 0.25) is 9.84 Å². The van der Waals surface area contributed by atoms with Gasteiger partial charge in [-0.3, -0.25) is 0 Å². The van der Waals surface area contributed by atoms with Crippen molar-refractivity contribution in [1.82, 2.24) is 0 Å². The van der Waals surface area contributed by atoms with Crippen LogP contribution in [0.1, 0.15) is 18.1 Å². The molecule has 0 saturated heterocycles. The van der Waals surface area contributed by atoms with E-state index in [9.17, 15) is 8.42 Å². The Balaban J connectivity index is 2.14. The second-order valence-electron chi connectivity index (χ2n) is 5.23. The molecule has 0 fully saturated rings. The minimum absolute atomic E-state index is 0.393. The van der Waals surface area contributed by atoms with E-state index in [1.807, 2.05) is 43.3 Å². The predicted octanol–water partition coefficient (Wildman–Crippen LogP) is 4.00. The maximum Gasteiger partial charge on any atom is 0.200 e. The summed E-state index contributed by atoms with van der Waals surface area (Å²) >= 11 is 0. The Labute approximate surface area is 125 Å². The van der Waals surface area contributed by atoms with Crippen molar-refractivity contribution in [2.24, 2.45) is 0 Å². The molecule has 0 radical (unpaired) electrons. The highest BCUT2D eigenvalue weighted by Crippen LogP contribution is 2.31. The van der Waals surface area contributed by atoms with Gasteiger partial charge in [-0.1, -0.05) is 54.6 Å². The van der Waals surface area contributed by atoms with E-state index < -0.39 is 9.84 Å². The summed E-state index contributed by atoms with van der Waals surface area (Å²) in [5, 5.41) is 1.35. The average Bonchev–Trinajstić information content (AvgIpc) is 2.55. The molecule has 2 aromatic carbocycles. The molecule has 0 N–H and O–H groups in total. The van der Waals surface area contributed by atoms with Crippen molar-refractivity contribution >= 4 is 15.4 Å². The minimum atomic E-state index is -3.37. The number of rotatable bonds is 2. The van der Waals surface area contributed by atoms with E-state index >= 15 is 0 Å². The summed E-state index contributed by atoms with van der Waals surface area (Å²) in [6.07, 6.45) is 2.69. The van der Waals surface area contributed by atoms with Gasteiger partial charge in [0.15, 0.2) is 0 Å². The predicted molar refractivity (Wildman–Crippen MR) is 85.5 cm³/mol. The maximum atomic E-state index is 12.4. The standard InChI is InChI=1S/C18H16O2S/c1-14-11-16(12-15-7-3-2-4-8-15)17-9-5-6-10-18(17)21(19,20)13-14/h2-11,13H,12H2,1H3. The Hall–Kier alpha value is -2.13. The number of hydrogen-bond acceptors (Lipinski definition) is 2. The zero-order chi connectivity index (χ0) is 14.9. The highest BCUT2D eigenvalue weighted by molar-refractivity contribution is 7.94. The largest absolute Gasteiger partial charge is 0.219 e. The first kappa shape index (κ1) is 13.8. The first-order chi connectivity index (χ1) is 10.1. The normalized spacial score (nSPS) is 16.4. The first-order valence-electron chi connectivity index (χ1n) is 6.83. The van der Waals surface area contributed by atoms with Crippen molar-refractivity contribution in [3.63, 3.8) is 0 Å². The van der Waals surface area contributed by atoms with E-state index in [-0.39, 0.29) is 0 Å². The van der Waals surface area contributed by atoms with Gasteiger partial charge in [-0.05, 0) is 41.7 Å². The molecule has 0 aliphatic carbocycles. The van der Waals surface area contributed by atoms with Gasteiger partial charge in [0.25, 0.3) is 0 Å². The van der Waals surface area contributed by atoms with Gasteiger partial charge in [-0.25, -0.2) is 8.42 Å². The van der Waals surface area contributed by atoms with Crippen LogP contribution in [0, 0.1) is 0 Å². The smallest absolute Gasteiger partial charge is 0.200 e. The van der Waals surface area contributed by atoms with Gasteiger partial charge in [0, 0.05) is 5.41 Å².